The summed E-state index contributed by atoms with van der Waals surface area (Å²) in [6, 6.07) is 17.4. The maximum atomic E-state index is 11.5. The molecule has 1 saturated carbocycles. The van der Waals surface area contributed by atoms with Crippen molar-refractivity contribution in [3.8, 4) is 22.8 Å². The van der Waals surface area contributed by atoms with Gasteiger partial charge in [-0.3, -0.25) is 9.20 Å². The van der Waals surface area contributed by atoms with Crippen LogP contribution in [0.15, 0.2) is 67.0 Å². The second kappa shape index (κ2) is 6.49. The van der Waals surface area contributed by atoms with Crippen molar-refractivity contribution >= 4 is 17.1 Å². The first kappa shape index (κ1) is 16.5. The number of hydrogen-bond donors (Lipinski definition) is 1. The molecule has 2 heterocycles. The number of nitrogens with two attached hydrogens (primary N) is 1. The Balaban J connectivity index is 1.53. The SMILES string of the molecule is Nc1nccn2c(C3CC(=O)C3)nc(-c3ccc(Oc4ccccc4)cc3)c12. The lowest BCUT2D eigenvalue weighted by Gasteiger charge is -2.22. The number of imidazole rings is 1. The van der Waals surface area contributed by atoms with Gasteiger partial charge in [0.2, 0.25) is 0 Å². The smallest absolute Gasteiger partial charge is 0.150 e. The van der Waals surface area contributed by atoms with E-state index in [-0.39, 0.29) is 11.7 Å². The highest BCUT2D eigenvalue weighted by molar-refractivity contribution is 5.88. The van der Waals surface area contributed by atoms with Crippen LogP contribution < -0.4 is 10.5 Å². The van der Waals surface area contributed by atoms with Crippen molar-refractivity contribution in [1.29, 1.82) is 0 Å². The zero-order valence-corrected chi connectivity index (χ0v) is 15.1. The predicted molar refractivity (Wildman–Crippen MR) is 106 cm³/mol. The number of ketones is 1. The Hall–Kier alpha value is -3.67. The summed E-state index contributed by atoms with van der Waals surface area (Å²) < 4.78 is 7.82. The summed E-state index contributed by atoms with van der Waals surface area (Å²) >= 11 is 0. The van der Waals surface area contributed by atoms with Gasteiger partial charge in [0.05, 0.1) is 0 Å². The zero-order chi connectivity index (χ0) is 19.1. The number of aromatic nitrogens is 3. The number of carbonyl (C=O) groups is 1. The summed E-state index contributed by atoms with van der Waals surface area (Å²) in [5.41, 5.74) is 8.63. The number of Topliss-reactive ketones (excluding diaryl/α,β-unsaturated/α-hetero) is 1. The van der Waals surface area contributed by atoms with Crippen LogP contribution in [0.2, 0.25) is 0 Å². The molecule has 0 bridgehead atoms. The fourth-order valence-electron chi connectivity index (χ4n) is 3.55. The van der Waals surface area contributed by atoms with E-state index >= 15 is 0 Å². The lowest BCUT2D eigenvalue weighted by Crippen LogP contribution is -2.23. The van der Waals surface area contributed by atoms with Gasteiger partial charge in [-0.25, -0.2) is 9.97 Å². The molecule has 6 heteroatoms. The van der Waals surface area contributed by atoms with Crippen molar-refractivity contribution < 1.29 is 9.53 Å². The topological polar surface area (TPSA) is 82.5 Å². The molecule has 0 aliphatic heterocycles. The Morgan fingerprint density at radius 3 is 2.43 bits per heavy atom. The number of fused-ring (bicyclic) bond motifs is 1. The van der Waals surface area contributed by atoms with Crippen LogP contribution in [-0.4, -0.2) is 20.2 Å². The van der Waals surface area contributed by atoms with E-state index in [9.17, 15) is 4.79 Å². The minimum Gasteiger partial charge on any atom is -0.457 e. The number of carbonyl (C=O) groups excluding carboxylic acids is 1. The van der Waals surface area contributed by atoms with Crippen molar-refractivity contribution in [3.05, 3.63) is 72.8 Å². The summed E-state index contributed by atoms with van der Waals surface area (Å²) in [6.45, 7) is 0. The third-order valence-electron chi connectivity index (χ3n) is 5.03. The van der Waals surface area contributed by atoms with Gasteiger partial charge in [-0.05, 0) is 36.4 Å². The molecule has 2 N–H and O–H groups in total. The van der Waals surface area contributed by atoms with Crippen LogP contribution in [-0.2, 0) is 4.79 Å². The Morgan fingerprint density at radius 2 is 1.71 bits per heavy atom. The third kappa shape index (κ3) is 2.79. The van der Waals surface area contributed by atoms with E-state index in [1.807, 2.05) is 65.2 Å². The lowest BCUT2D eigenvalue weighted by atomic mass is 9.83. The van der Waals surface area contributed by atoms with E-state index in [1.54, 1.807) is 6.20 Å². The van der Waals surface area contributed by atoms with E-state index in [4.69, 9.17) is 15.5 Å². The number of hydrogen-bond acceptors (Lipinski definition) is 5. The summed E-state index contributed by atoms with van der Waals surface area (Å²) in [5, 5.41) is 0. The molecule has 0 atom stereocenters. The molecule has 5 rings (SSSR count). The molecule has 28 heavy (non-hydrogen) atoms. The molecule has 4 aromatic rings. The van der Waals surface area contributed by atoms with E-state index in [2.05, 4.69) is 4.98 Å². The van der Waals surface area contributed by atoms with Gasteiger partial charge < -0.3 is 10.5 Å². The first-order valence-electron chi connectivity index (χ1n) is 9.16. The van der Waals surface area contributed by atoms with Gasteiger partial charge in [-0.2, -0.15) is 0 Å². The van der Waals surface area contributed by atoms with Gasteiger partial charge in [-0.15, -0.1) is 0 Å². The number of nitrogens with zero attached hydrogens (tertiary/aromatic N) is 3. The normalized spacial score (nSPS) is 14.2. The Kier molecular flexibility index (Phi) is 3.83. The van der Waals surface area contributed by atoms with Crippen LogP contribution >= 0.6 is 0 Å². The zero-order valence-electron chi connectivity index (χ0n) is 15.1. The van der Waals surface area contributed by atoms with Crippen LogP contribution in [0.3, 0.4) is 0 Å². The van der Waals surface area contributed by atoms with E-state index in [0.29, 0.717) is 18.7 Å². The van der Waals surface area contributed by atoms with Crippen LogP contribution in [0.4, 0.5) is 5.82 Å². The summed E-state index contributed by atoms with van der Waals surface area (Å²) in [5.74, 6) is 3.22. The largest absolute Gasteiger partial charge is 0.457 e. The second-order valence-electron chi connectivity index (χ2n) is 6.93. The van der Waals surface area contributed by atoms with Crippen molar-refractivity contribution in [1.82, 2.24) is 14.4 Å². The van der Waals surface area contributed by atoms with Gasteiger partial charge in [0.1, 0.15) is 40.1 Å². The summed E-state index contributed by atoms with van der Waals surface area (Å²) in [4.78, 5) is 20.5. The molecule has 0 unspecified atom stereocenters. The van der Waals surface area contributed by atoms with Gasteiger partial charge in [0, 0.05) is 36.7 Å². The average molecular weight is 370 g/mol. The summed E-state index contributed by atoms with van der Waals surface area (Å²) in [6.07, 6.45) is 4.58. The molecule has 0 radical (unpaired) electrons. The van der Waals surface area contributed by atoms with Gasteiger partial charge >= 0.3 is 0 Å². The van der Waals surface area contributed by atoms with Crippen LogP contribution in [0.1, 0.15) is 24.6 Å². The van der Waals surface area contributed by atoms with Crippen LogP contribution in [0.25, 0.3) is 16.8 Å². The number of para-hydroxylation sites is 1. The first-order valence-corrected chi connectivity index (χ1v) is 9.16. The van der Waals surface area contributed by atoms with Crippen molar-refractivity contribution in [2.45, 2.75) is 18.8 Å². The van der Waals surface area contributed by atoms with E-state index < -0.39 is 0 Å². The lowest BCUT2D eigenvalue weighted by molar-refractivity contribution is -0.124. The van der Waals surface area contributed by atoms with Crippen molar-refractivity contribution in [3.63, 3.8) is 0 Å². The molecule has 138 valence electrons. The number of nitrogen functional groups attached to an aromatic ring is 1. The minimum absolute atomic E-state index is 0.135. The van der Waals surface area contributed by atoms with Crippen molar-refractivity contribution in [2.24, 2.45) is 0 Å². The Labute approximate surface area is 161 Å². The van der Waals surface area contributed by atoms with Gasteiger partial charge in [0.25, 0.3) is 0 Å². The average Bonchev–Trinajstić information content (AvgIpc) is 3.07. The quantitative estimate of drug-likeness (QED) is 0.582. The molecular formula is C22H18N4O2. The fraction of sp³-hybridized carbons (Fsp3) is 0.136. The maximum Gasteiger partial charge on any atom is 0.150 e. The second-order valence-corrected chi connectivity index (χ2v) is 6.93. The molecule has 2 aromatic carbocycles. The molecular weight excluding hydrogens is 352 g/mol. The highest BCUT2D eigenvalue weighted by Gasteiger charge is 2.32. The molecule has 0 amide bonds. The first-order chi connectivity index (χ1) is 13.7. The number of benzene rings is 2. The highest BCUT2D eigenvalue weighted by atomic mass is 16.5. The standard InChI is InChI=1S/C22H18N4O2/c23-21-20-19(25-22(15-12-16(27)13-15)26(20)11-10-24-21)14-6-8-18(9-7-14)28-17-4-2-1-3-5-17/h1-11,15H,12-13H2,(H2,23,24). The van der Waals surface area contributed by atoms with Crippen molar-refractivity contribution in [2.75, 3.05) is 5.73 Å². The Morgan fingerprint density at radius 1 is 1.00 bits per heavy atom. The molecule has 0 saturated heterocycles. The minimum atomic E-state index is 0.135. The number of rotatable bonds is 4. The highest BCUT2D eigenvalue weighted by Crippen LogP contribution is 2.37. The predicted octanol–water partition coefficient (Wildman–Crippen LogP) is 4.22. The number of ether oxygens (including phenoxy) is 1. The molecule has 1 aliphatic carbocycles. The molecule has 2 aromatic heterocycles. The third-order valence-corrected chi connectivity index (χ3v) is 5.03. The molecule has 6 nitrogen and oxygen atoms in total. The van der Waals surface area contributed by atoms with E-state index in [0.717, 1.165) is 34.1 Å². The number of anilines is 1. The molecule has 1 aliphatic rings. The van der Waals surface area contributed by atoms with Gasteiger partial charge in [0.15, 0.2) is 0 Å². The van der Waals surface area contributed by atoms with Crippen LogP contribution in [0, 0.1) is 0 Å². The summed E-state index contributed by atoms with van der Waals surface area (Å²) in [7, 11) is 0. The van der Waals surface area contributed by atoms with Crippen LogP contribution in [0.5, 0.6) is 11.5 Å². The maximum absolute atomic E-state index is 11.5. The molecule has 0 spiro atoms. The fourth-order valence-corrected chi connectivity index (χ4v) is 3.55. The molecule has 1 fully saturated rings. The van der Waals surface area contributed by atoms with Gasteiger partial charge in [-0.1, -0.05) is 18.2 Å². The Bertz CT molecular complexity index is 1160. The monoisotopic (exact) mass is 370 g/mol. The van der Waals surface area contributed by atoms with E-state index in [1.165, 1.54) is 0 Å².